The maximum absolute atomic E-state index is 13.0. The average molecular weight is 313 g/mol. The van der Waals surface area contributed by atoms with Gasteiger partial charge in [0.1, 0.15) is 28.7 Å². The second-order valence-electron chi connectivity index (χ2n) is 4.08. The molecular formula is C14H8ClF3N2O. The van der Waals surface area contributed by atoms with Gasteiger partial charge in [0.25, 0.3) is 0 Å². The molecule has 0 spiro atoms. The van der Waals surface area contributed by atoms with E-state index in [9.17, 15) is 13.2 Å². The van der Waals surface area contributed by atoms with E-state index in [2.05, 4.69) is 0 Å². The van der Waals surface area contributed by atoms with Gasteiger partial charge in [-0.15, -0.1) is 0 Å². The maximum atomic E-state index is 13.0. The first-order valence-electron chi connectivity index (χ1n) is 5.66. The molecule has 108 valence electrons. The van der Waals surface area contributed by atoms with Gasteiger partial charge in [0.2, 0.25) is 0 Å². The number of anilines is 1. The van der Waals surface area contributed by atoms with Gasteiger partial charge in [-0.25, -0.2) is 0 Å². The van der Waals surface area contributed by atoms with E-state index in [0.717, 1.165) is 12.1 Å². The highest BCUT2D eigenvalue weighted by Gasteiger charge is 2.35. The second kappa shape index (κ2) is 5.54. The predicted molar refractivity (Wildman–Crippen MR) is 72.1 cm³/mol. The molecule has 0 radical (unpaired) electrons. The molecule has 0 aliphatic rings. The number of ether oxygens (including phenoxy) is 1. The van der Waals surface area contributed by atoms with E-state index in [0.29, 0.717) is 0 Å². The molecule has 2 N–H and O–H groups in total. The summed E-state index contributed by atoms with van der Waals surface area (Å²) in [7, 11) is 0. The van der Waals surface area contributed by atoms with Crippen molar-refractivity contribution in [2.24, 2.45) is 0 Å². The Morgan fingerprint density at radius 3 is 2.48 bits per heavy atom. The van der Waals surface area contributed by atoms with Gasteiger partial charge in [-0.05, 0) is 30.3 Å². The van der Waals surface area contributed by atoms with E-state index in [1.165, 1.54) is 24.3 Å². The number of nitrogens with zero attached hydrogens (tertiary/aromatic N) is 1. The van der Waals surface area contributed by atoms with Crippen LogP contribution in [0.25, 0.3) is 0 Å². The Balaban J connectivity index is 2.51. The molecule has 3 nitrogen and oxygen atoms in total. The molecule has 0 saturated carbocycles. The van der Waals surface area contributed by atoms with Gasteiger partial charge in [0.15, 0.2) is 0 Å². The molecule has 0 bridgehead atoms. The van der Waals surface area contributed by atoms with Crippen molar-refractivity contribution in [1.82, 2.24) is 0 Å². The average Bonchev–Trinajstić information content (AvgIpc) is 2.40. The smallest absolute Gasteiger partial charge is 0.420 e. The molecule has 0 fully saturated rings. The Kier molecular flexibility index (Phi) is 3.96. The fourth-order valence-corrected chi connectivity index (χ4v) is 1.88. The van der Waals surface area contributed by atoms with Gasteiger partial charge in [-0.2, -0.15) is 18.4 Å². The molecule has 0 atom stereocenters. The van der Waals surface area contributed by atoms with E-state index < -0.39 is 17.5 Å². The Hall–Kier alpha value is -2.39. The zero-order chi connectivity index (χ0) is 15.6. The highest BCUT2D eigenvalue weighted by atomic mass is 35.5. The molecule has 21 heavy (non-hydrogen) atoms. The van der Waals surface area contributed by atoms with Crippen LogP contribution in [0.4, 0.5) is 18.9 Å². The third kappa shape index (κ3) is 3.20. The number of hydrogen-bond acceptors (Lipinski definition) is 3. The number of hydrogen-bond donors (Lipinski definition) is 1. The summed E-state index contributed by atoms with van der Waals surface area (Å²) in [6.07, 6.45) is -4.63. The molecule has 0 unspecified atom stereocenters. The third-order valence-corrected chi connectivity index (χ3v) is 2.93. The van der Waals surface area contributed by atoms with Crippen LogP contribution < -0.4 is 10.5 Å². The lowest BCUT2D eigenvalue weighted by Crippen LogP contribution is -2.08. The van der Waals surface area contributed by atoms with Gasteiger partial charge in [-0.1, -0.05) is 17.7 Å². The lowest BCUT2D eigenvalue weighted by atomic mass is 10.1. The lowest BCUT2D eigenvalue weighted by Gasteiger charge is -2.15. The van der Waals surface area contributed by atoms with Crippen molar-refractivity contribution in [3.63, 3.8) is 0 Å². The topological polar surface area (TPSA) is 59.0 Å². The first-order chi connectivity index (χ1) is 9.82. The largest absolute Gasteiger partial charge is 0.455 e. The minimum absolute atomic E-state index is 0.0379. The molecule has 0 aliphatic heterocycles. The SMILES string of the molecule is N#Cc1c(Cl)cccc1Oc1ccc(N)cc1C(F)(F)F. The molecule has 0 aliphatic carbocycles. The van der Waals surface area contributed by atoms with Crippen molar-refractivity contribution in [3.8, 4) is 17.6 Å². The minimum atomic E-state index is -4.63. The van der Waals surface area contributed by atoms with Crippen molar-refractivity contribution >= 4 is 17.3 Å². The molecule has 0 aromatic heterocycles. The Bertz CT molecular complexity index is 723. The number of alkyl halides is 3. The summed E-state index contributed by atoms with van der Waals surface area (Å²) in [6, 6.07) is 9.22. The number of benzene rings is 2. The van der Waals surface area contributed by atoms with Crippen LogP contribution in [0.5, 0.6) is 11.5 Å². The predicted octanol–water partition coefficient (Wildman–Crippen LogP) is 4.60. The Morgan fingerprint density at radius 1 is 1.14 bits per heavy atom. The van der Waals surface area contributed by atoms with Crippen LogP contribution in [0, 0.1) is 11.3 Å². The van der Waals surface area contributed by atoms with Crippen LogP contribution in [0.3, 0.4) is 0 Å². The summed E-state index contributed by atoms with van der Waals surface area (Å²) in [5.41, 5.74) is 4.27. The lowest BCUT2D eigenvalue weighted by molar-refractivity contribution is -0.138. The van der Waals surface area contributed by atoms with Crippen LogP contribution >= 0.6 is 11.6 Å². The van der Waals surface area contributed by atoms with E-state index in [1.807, 2.05) is 0 Å². The van der Waals surface area contributed by atoms with Gasteiger partial charge >= 0.3 is 6.18 Å². The standard InChI is InChI=1S/C14H8ClF3N2O/c15-11-2-1-3-12(9(11)7-19)21-13-5-4-8(20)6-10(13)14(16,17)18/h1-6H,20H2. The first kappa shape index (κ1) is 15.0. The fraction of sp³-hybridized carbons (Fsp3) is 0.0714. The summed E-state index contributed by atoms with van der Waals surface area (Å²) in [5.74, 6) is -0.504. The summed E-state index contributed by atoms with van der Waals surface area (Å²) < 4.78 is 44.1. The van der Waals surface area contributed by atoms with E-state index >= 15 is 0 Å². The number of nitriles is 1. The van der Waals surface area contributed by atoms with Crippen LogP contribution in [0.15, 0.2) is 36.4 Å². The molecule has 0 saturated heterocycles. The third-order valence-electron chi connectivity index (χ3n) is 2.62. The molecule has 7 heteroatoms. The first-order valence-corrected chi connectivity index (χ1v) is 6.04. The van der Waals surface area contributed by atoms with E-state index in [-0.39, 0.29) is 22.0 Å². The molecule has 2 aromatic carbocycles. The highest BCUT2D eigenvalue weighted by molar-refractivity contribution is 6.31. The zero-order valence-electron chi connectivity index (χ0n) is 10.4. The van der Waals surface area contributed by atoms with Crippen molar-refractivity contribution < 1.29 is 17.9 Å². The quantitative estimate of drug-likeness (QED) is 0.824. The van der Waals surface area contributed by atoms with Gasteiger partial charge < -0.3 is 10.5 Å². The summed E-state index contributed by atoms with van der Waals surface area (Å²) in [5, 5.41) is 9.09. The van der Waals surface area contributed by atoms with Crippen molar-refractivity contribution in [1.29, 1.82) is 5.26 Å². The second-order valence-corrected chi connectivity index (χ2v) is 4.49. The Morgan fingerprint density at radius 2 is 1.86 bits per heavy atom. The van der Waals surface area contributed by atoms with E-state index in [1.54, 1.807) is 6.07 Å². The highest BCUT2D eigenvalue weighted by Crippen LogP contribution is 2.40. The van der Waals surface area contributed by atoms with Gasteiger partial charge in [0.05, 0.1) is 5.02 Å². The van der Waals surface area contributed by atoms with Crippen LogP contribution in [0.2, 0.25) is 5.02 Å². The van der Waals surface area contributed by atoms with E-state index in [4.69, 9.17) is 27.3 Å². The summed E-state index contributed by atoms with van der Waals surface area (Å²) in [6.45, 7) is 0. The normalized spacial score (nSPS) is 11.0. The monoisotopic (exact) mass is 312 g/mol. The van der Waals surface area contributed by atoms with Crippen LogP contribution in [-0.4, -0.2) is 0 Å². The summed E-state index contributed by atoms with van der Waals surface area (Å²) >= 11 is 5.81. The zero-order valence-corrected chi connectivity index (χ0v) is 11.2. The van der Waals surface area contributed by atoms with Gasteiger partial charge in [-0.3, -0.25) is 0 Å². The van der Waals surface area contributed by atoms with Gasteiger partial charge in [0, 0.05) is 5.69 Å². The molecule has 2 rings (SSSR count). The number of halogens is 4. The van der Waals surface area contributed by atoms with Crippen molar-refractivity contribution in [2.75, 3.05) is 5.73 Å². The number of nitrogens with two attached hydrogens (primary N) is 1. The van der Waals surface area contributed by atoms with Crippen LogP contribution in [0.1, 0.15) is 11.1 Å². The number of nitrogen functional groups attached to an aromatic ring is 1. The Labute approximate surface area is 123 Å². The number of rotatable bonds is 2. The molecule has 0 heterocycles. The van der Waals surface area contributed by atoms with Crippen molar-refractivity contribution in [3.05, 3.63) is 52.5 Å². The maximum Gasteiger partial charge on any atom is 0.420 e. The fourth-order valence-electron chi connectivity index (χ4n) is 1.67. The molecule has 0 amide bonds. The molecule has 2 aromatic rings. The van der Waals surface area contributed by atoms with Crippen LogP contribution in [-0.2, 0) is 6.18 Å². The summed E-state index contributed by atoms with van der Waals surface area (Å²) in [4.78, 5) is 0. The minimum Gasteiger partial charge on any atom is -0.455 e. The van der Waals surface area contributed by atoms with Crippen molar-refractivity contribution in [2.45, 2.75) is 6.18 Å². The molecular weight excluding hydrogens is 305 g/mol.